The lowest BCUT2D eigenvalue weighted by atomic mass is 10.0. The molecule has 1 heterocycles. The zero-order valence-corrected chi connectivity index (χ0v) is 12.4. The molecule has 0 aliphatic heterocycles. The highest BCUT2D eigenvalue weighted by Crippen LogP contribution is 2.21. The molecule has 0 fully saturated rings. The third kappa shape index (κ3) is 3.76. The molecule has 0 bridgehead atoms. The number of benzene rings is 1. The van der Waals surface area contributed by atoms with Crippen molar-refractivity contribution in [2.24, 2.45) is 5.92 Å². The van der Waals surface area contributed by atoms with Crippen LogP contribution in [0.4, 0.5) is 5.69 Å². The minimum Gasteiger partial charge on any atom is -0.397 e. The maximum atomic E-state index is 12.2. The molecule has 1 aromatic heterocycles. The zero-order valence-electron chi connectivity index (χ0n) is 12.4. The summed E-state index contributed by atoms with van der Waals surface area (Å²) in [6, 6.07) is 7.40. The number of para-hydroxylation sites is 1. The predicted molar refractivity (Wildman–Crippen MR) is 85.1 cm³/mol. The summed E-state index contributed by atoms with van der Waals surface area (Å²) in [5.74, 6) is 0.183. The first-order valence-electron chi connectivity index (χ1n) is 7.42. The maximum Gasteiger partial charge on any atom is 0.267 e. The average Bonchev–Trinajstić information content (AvgIpc) is 2.90. The highest BCUT2D eigenvalue weighted by Gasteiger charge is 2.13. The number of fused-ring (bicyclic) bond motifs is 1. The van der Waals surface area contributed by atoms with Gasteiger partial charge in [0.1, 0.15) is 5.69 Å². The first kappa shape index (κ1) is 15.4. The Morgan fingerprint density at radius 3 is 2.90 bits per heavy atom. The van der Waals surface area contributed by atoms with Gasteiger partial charge in [-0.1, -0.05) is 25.5 Å². The van der Waals surface area contributed by atoms with Crippen molar-refractivity contribution in [2.45, 2.75) is 26.2 Å². The summed E-state index contributed by atoms with van der Waals surface area (Å²) in [4.78, 5) is 15.3. The minimum absolute atomic E-state index is 0.135. The monoisotopic (exact) mass is 289 g/mol. The Morgan fingerprint density at radius 2 is 2.24 bits per heavy atom. The molecule has 1 atom stereocenters. The van der Waals surface area contributed by atoms with Gasteiger partial charge in [-0.2, -0.15) is 0 Å². The van der Waals surface area contributed by atoms with E-state index in [1.165, 1.54) is 0 Å². The lowest BCUT2D eigenvalue weighted by Gasteiger charge is -2.15. The number of carbonyl (C=O) groups is 1. The van der Waals surface area contributed by atoms with Crippen molar-refractivity contribution >= 4 is 22.5 Å². The predicted octanol–water partition coefficient (Wildman–Crippen LogP) is 2.28. The maximum absolute atomic E-state index is 12.2. The number of nitrogens with two attached hydrogens (primary N) is 1. The smallest absolute Gasteiger partial charge is 0.267 e. The normalized spacial score (nSPS) is 12.5. The van der Waals surface area contributed by atoms with Crippen LogP contribution in [0.1, 0.15) is 36.7 Å². The van der Waals surface area contributed by atoms with Crippen LogP contribution in [0.15, 0.2) is 24.3 Å². The summed E-state index contributed by atoms with van der Waals surface area (Å²) < 4.78 is 0. The number of aromatic amines is 1. The van der Waals surface area contributed by atoms with E-state index in [0.29, 0.717) is 30.3 Å². The number of amides is 1. The number of aliphatic hydroxyl groups excluding tert-OH is 1. The van der Waals surface area contributed by atoms with Crippen LogP contribution in [0.3, 0.4) is 0 Å². The van der Waals surface area contributed by atoms with Gasteiger partial charge < -0.3 is 21.1 Å². The van der Waals surface area contributed by atoms with Gasteiger partial charge in [0.15, 0.2) is 0 Å². The molecule has 1 unspecified atom stereocenters. The summed E-state index contributed by atoms with van der Waals surface area (Å²) in [6.07, 6.45) is 2.76. The van der Waals surface area contributed by atoms with E-state index in [1.807, 2.05) is 18.2 Å². The van der Waals surface area contributed by atoms with Gasteiger partial charge in [0.25, 0.3) is 5.91 Å². The Bertz CT molecular complexity index is 601. The van der Waals surface area contributed by atoms with E-state index >= 15 is 0 Å². The van der Waals surface area contributed by atoms with E-state index in [9.17, 15) is 4.79 Å². The number of nitrogen functional groups attached to an aromatic ring is 1. The van der Waals surface area contributed by atoms with E-state index in [-0.39, 0.29) is 12.5 Å². The lowest BCUT2D eigenvalue weighted by molar-refractivity contribution is 0.0938. The first-order valence-corrected chi connectivity index (χ1v) is 7.42. The van der Waals surface area contributed by atoms with Gasteiger partial charge in [-0.25, -0.2) is 0 Å². The van der Waals surface area contributed by atoms with Gasteiger partial charge in [0.05, 0.1) is 11.2 Å². The second kappa shape index (κ2) is 7.13. The number of hydrogen-bond donors (Lipinski definition) is 4. The van der Waals surface area contributed by atoms with Crippen LogP contribution in [0.2, 0.25) is 0 Å². The third-order valence-electron chi connectivity index (χ3n) is 3.72. The molecular weight excluding hydrogens is 266 g/mol. The number of aliphatic hydroxyl groups is 1. The molecule has 0 saturated carbocycles. The summed E-state index contributed by atoms with van der Waals surface area (Å²) in [5.41, 5.74) is 7.83. The van der Waals surface area contributed by atoms with Gasteiger partial charge in [0.2, 0.25) is 0 Å². The summed E-state index contributed by atoms with van der Waals surface area (Å²) in [6.45, 7) is 2.84. The topological polar surface area (TPSA) is 91.1 Å². The van der Waals surface area contributed by atoms with Crippen LogP contribution in [-0.2, 0) is 0 Å². The Hall–Kier alpha value is -2.01. The average molecular weight is 289 g/mol. The quantitative estimate of drug-likeness (QED) is 0.589. The summed E-state index contributed by atoms with van der Waals surface area (Å²) >= 11 is 0. The summed E-state index contributed by atoms with van der Waals surface area (Å²) in [5, 5.41) is 12.9. The fourth-order valence-electron chi connectivity index (χ4n) is 2.57. The van der Waals surface area contributed by atoms with Gasteiger partial charge >= 0.3 is 0 Å². The number of aromatic nitrogens is 1. The Balaban J connectivity index is 2.03. The van der Waals surface area contributed by atoms with E-state index in [2.05, 4.69) is 17.2 Å². The van der Waals surface area contributed by atoms with Crippen molar-refractivity contribution in [1.29, 1.82) is 0 Å². The molecule has 0 spiro atoms. The molecule has 5 nitrogen and oxygen atoms in total. The van der Waals surface area contributed by atoms with Crippen LogP contribution < -0.4 is 11.1 Å². The van der Waals surface area contributed by atoms with Gasteiger partial charge in [-0.3, -0.25) is 4.79 Å². The van der Waals surface area contributed by atoms with Crippen molar-refractivity contribution in [3.05, 3.63) is 30.0 Å². The second-order valence-electron chi connectivity index (χ2n) is 5.37. The van der Waals surface area contributed by atoms with Crippen LogP contribution in [0.5, 0.6) is 0 Å². The fourth-order valence-corrected chi connectivity index (χ4v) is 2.57. The van der Waals surface area contributed by atoms with E-state index in [0.717, 1.165) is 23.7 Å². The van der Waals surface area contributed by atoms with Gasteiger partial charge in [-0.05, 0) is 30.9 Å². The molecule has 2 rings (SSSR count). The molecule has 0 aliphatic carbocycles. The molecule has 21 heavy (non-hydrogen) atoms. The van der Waals surface area contributed by atoms with Crippen molar-refractivity contribution in [3.8, 4) is 0 Å². The highest BCUT2D eigenvalue weighted by molar-refractivity contribution is 6.00. The number of H-pyrrole nitrogens is 1. The SMILES string of the molecule is CCCC(CCO)CNC(=O)c1cc2cccc(N)c2[nH]1. The lowest BCUT2D eigenvalue weighted by Crippen LogP contribution is -2.30. The third-order valence-corrected chi connectivity index (χ3v) is 3.72. The second-order valence-corrected chi connectivity index (χ2v) is 5.37. The van der Waals surface area contributed by atoms with Crippen LogP contribution >= 0.6 is 0 Å². The molecular formula is C16H23N3O2. The summed E-state index contributed by atoms with van der Waals surface area (Å²) in [7, 11) is 0. The van der Waals surface area contributed by atoms with E-state index in [1.54, 1.807) is 6.07 Å². The van der Waals surface area contributed by atoms with Crippen molar-refractivity contribution in [2.75, 3.05) is 18.9 Å². The molecule has 1 amide bonds. The molecule has 2 aromatic rings. The zero-order chi connectivity index (χ0) is 15.2. The number of hydrogen-bond acceptors (Lipinski definition) is 3. The molecule has 5 heteroatoms. The van der Waals surface area contributed by atoms with Crippen LogP contribution in [0, 0.1) is 5.92 Å². The van der Waals surface area contributed by atoms with E-state index in [4.69, 9.17) is 10.8 Å². The van der Waals surface area contributed by atoms with Gasteiger partial charge in [0, 0.05) is 18.5 Å². The minimum atomic E-state index is -0.135. The number of nitrogens with one attached hydrogen (secondary N) is 2. The largest absolute Gasteiger partial charge is 0.397 e. The van der Waals surface area contributed by atoms with E-state index < -0.39 is 0 Å². The van der Waals surface area contributed by atoms with Crippen LogP contribution in [-0.4, -0.2) is 29.1 Å². The molecule has 0 radical (unpaired) electrons. The number of rotatable bonds is 7. The Kier molecular flexibility index (Phi) is 5.22. The number of anilines is 1. The van der Waals surface area contributed by atoms with Crippen molar-refractivity contribution in [1.82, 2.24) is 10.3 Å². The highest BCUT2D eigenvalue weighted by atomic mass is 16.3. The standard InChI is InChI=1S/C16H23N3O2/c1-2-4-11(7-8-20)10-18-16(21)14-9-12-5-3-6-13(17)15(12)19-14/h3,5-6,9,11,19-20H,2,4,7-8,10,17H2,1H3,(H,18,21). The Labute approximate surface area is 124 Å². The van der Waals surface area contributed by atoms with Crippen molar-refractivity contribution in [3.63, 3.8) is 0 Å². The van der Waals surface area contributed by atoms with Gasteiger partial charge in [-0.15, -0.1) is 0 Å². The molecule has 0 saturated heterocycles. The molecule has 1 aromatic carbocycles. The fraction of sp³-hybridized carbons (Fsp3) is 0.438. The molecule has 114 valence electrons. The molecule has 5 N–H and O–H groups in total. The number of carbonyl (C=O) groups excluding carboxylic acids is 1. The molecule has 0 aliphatic rings. The van der Waals surface area contributed by atoms with Crippen LogP contribution in [0.25, 0.3) is 10.9 Å². The van der Waals surface area contributed by atoms with Crippen molar-refractivity contribution < 1.29 is 9.90 Å². The Morgan fingerprint density at radius 1 is 1.43 bits per heavy atom. The first-order chi connectivity index (χ1) is 10.2.